The van der Waals surface area contributed by atoms with Crippen molar-refractivity contribution >= 4 is 71.6 Å². The van der Waals surface area contributed by atoms with E-state index in [0.717, 1.165) is 77.6 Å². The van der Waals surface area contributed by atoms with Crippen molar-refractivity contribution in [3.05, 3.63) is 194 Å². The summed E-state index contributed by atoms with van der Waals surface area (Å²) in [5, 5.41) is 6.90. The molecule has 4 heteroatoms. The van der Waals surface area contributed by atoms with Crippen molar-refractivity contribution in [3.63, 3.8) is 0 Å². The third-order valence-electron chi connectivity index (χ3n) is 10.7. The van der Waals surface area contributed by atoms with E-state index >= 15 is 0 Å². The number of para-hydroxylation sites is 2. The maximum atomic E-state index is 6.81. The van der Waals surface area contributed by atoms with Crippen LogP contribution in [-0.2, 0) is 0 Å². The highest BCUT2D eigenvalue weighted by atomic mass is 16.3. The number of furan rings is 1. The van der Waals surface area contributed by atoms with Crippen LogP contribution in [0.1, 0.15) is 0 Å². The Balaban J connectivity index is 1.03. The van der Waals surface area contributed by atoms with Crippen LogP contribution in [0.2, 0.25) is 0 Å². The standard InChI is InChI=1S/C51H32N2O2/c1-2-10-33(11-3-1)35-18-24-40(25-19-35)53(42-28-20-34-12-4-5-13-37(34)30-42)41-26-21-36(22-27-41)45-31-38-14-6-7-15-43(38)49-44-29-23-39(32-48(44)54-50(45)49)51-52-46-16-8-9-17-47(46)55-51/h1-32H. The Morgan fingerprint density at radius 2 is 1.02 bits per heavy atom. The molecule has 55 heavy (non-hydrogen) atoms. The summed E-state index contributed by atoms with van der Waals surface area (Å²) < 4.78 is 12.9. The van der Waals surface area contributed by atoms with E-state index in [1.54, 1.807) is 0 Å². The normalized spacial score (nSPS) is 11.6. The minimum Gasteiger partial charge on any atom is -0.455 e. The molecular weight excluding hydrogens is 673 g/mol. The van der Waals surface area contributed by atoms with Gasteiger partial charge in [0, 0.05) is 39.0 Å². The van der Waals surface area contributed by atoms with E-state index in [0.29, 0.717) is 5.89 Å². The van der Waals surface area contributed by atoms with Crippen LogP contribution in [0.3, 0.4) is 0 Å². The molecule has 11 rings (SSSR count). The minimum absolute atomic E-state index is 0.579. The lowest BCUT2D eigenvalue weighted by atomic mass is 9.96. The summed E-state index contributed by atoms with van der Waals surface area (Å²) in [5.74, 6) is 0.579. The number of hydrogen-bond donors (Lipinski definition) is 0. The number of hydrogen-bond acceptors (Lipinski definition) is 4. The van der Waals surface area contributed by atoms with Crippen molar-refractivity contribution in [3.8, 4) is 33.7 Å². The molecule has 0 saturated heterocycles. The fourth-order valence-electron chi connectivity index (χ4n) is 7.96. The topological polar surface area (TPSA) is 42.4 Å². The molecule has 0 atom stereocenters. The first kappa shape index (κ1) is 31.1. The molecule has 0 aliphatic carbocycles. The zero-order chi connectivity index (χ0) is 36.3. The van der Waals surface area contributed by atoms with Crippen LogP contribution in [0.15, 0.2) is 203 Å². The highest BCUT2D eigenvalue weighted by Gasteiger charge is 2.19. The predicted molar refractivity (Wildman–Crippen MR) is 227 cm³/mol. The average Bonchev–Trinajstić information content (AvgIpc) is 3.87. The van der Waals surface area contributed by atoms with Crippen LogP contribution in [-0.4, -0.2) is 4.98 Å². The van der Waals surface area contributed by atoms with Crippen LogP contribution in [0, 0.1) is 0 Å². The zero-order valence-corrected chi connectivity index (χ0v) is 29.7. The van der Waals surface area contributed by atoms with Crippen LogP contribution >= 0.6 is 0 Å². The van der Waals surface area contributed by atoms with Crippen molar-refractivity contribution < 1.29 is 8.83 Å². The Labute approximate surface area is 317 Å². The molecule has 0 unspecified atom stereocenters. The van der Waals surface area contributed by atoms with Gasteiger partial charge in [0.15, 0.2) is 5.58 Å². The maximum absolute atomic E-state index is 6.81. The first-order chi connectivity index (χ1) is 27.2. The Morgan fingerprint density at radius 3 is 1.82 bits per heavy atom. The number of benzene rings is 9. The molecule has 0 aliphatic rings. The molecule has 0 aliphatic heterocycles. The molecule has 2 aromatic heterocycles. The maximum Gasteiger partial charge on any atom is 0.227 e. The molecule has 0 spiro atoms. The summed E-state index contributed by atoms with van der Waals surface area (Å²) in [6.07, 6.45) is 0. The Kier molecular flexibility index (Phi) is 7.14. The van der Waals surface area contributed by atoms with E-state index < -0.39 is 0 Å². The van der Waals surface area contributed by atoms with Crippen molar-refractivity contribution in [1.29, 1.82) is 0 Å². The van der Waals surface area contributed by atoms with Crippen molar-refractivity contribution in [2.75, 3.05) is 4.90 Å². The van der Waals surface area contributed by atoms with E-state index in [9.17, 15) is 0 Å². The van der Waals surface area contributed by atoms with Crippen LogP contribution in [0.4, 0.5) is 17.1 Å². The largest absolute Gasteiger partial charge is 0.455 e. The number of anilines is 3. The number of rotatable bonds is 6. The van der Waals surface area contributed by atoms with Gasteiger partial charge in [-0.1, -0.05) is 121 Å². The van der Waals surface area contributed by atoms with Crippen LogP contribution in [0.5, 0.6) is 0 Å². The first-order valence-corrected chi connectivity index (χ1v) is 18.5. The third-order valence-corrected chi connectivity index (χ3v) is 10.7. The van der Waals surface area contributed by atoms with E-state index in [4.69, 9.17) is 13.8 Å². The molecule has 2 heterocycles. The molecular formula is C51H32N2O2. The Bertz CT molecular complexity index is 3160. The molecule has 258 valence electrons. The van der Waals surface area contributed by atoms with Crippen LogP contribution in [0.25, 0.3) is 88.3 Å². The van der Waals surface area contributed by atoms with Gasteiger partial charge < -0.3 is 13.7 Å². The van der Waals surface area contributed by atoms with Gasteiger partial charge in [-0.3, -0.25) is 0 Å². The van der Waals surface area contributed by atoms with Gasteiger partial charge in [-0.25, -0.2) is 4.98 Å². The average molecular weight is 705 g/mol. The van der Waals surface area contributed by atoms with Crippen molar-refractivity contribution in [2.45, 2.75) is 0 Å². The SMILES string of the molecule is c1ccc(-c2ccc(N(c3ccc(-c4cc5ccccc5c5c4oc4cc(-c6nc7ccccc7o6)ccc45)cc3)c3ccc4ccccc4c3)cc2)cc1. The van der Waals surface area contributed by atoms with Gasteiger partial charge in [0.05, 0.1) is 0 Å². The summed E-state index contributed by atoms with van der Waals surface area (Å²) in [7, 11) is 0. The third kappa shape index (κ3) is 5.34. The summed E-state index contributed by atoms with van der Waals surface area (Å²) in [6.45, 7) is 0. The van der Waals surface area contributed by atoms with Gasteiger partial charge in [0.25, 0.3) is 0 Å². The van der Waals surface area contributed by atoms with Gasteiger partial charge in [-0.2, -0.15) is 0 Å². The minimum atomic E-state index is 0.579. The summed E-state index contributed by atoms with van der Waals surface area (Å²) in [4.78, 5) is 7.07. The molecule has 0 radical (unpaired) electrons. The van der Waals surface area contributed by atoms with Crippen molar-refractivity contribution in [1.82, 2.24) is 4.98 Å². The molecule has 0 N–H and O–H groups in total. The Hall–Kier alpha value is -7.43. The molecule has 11 aromatic rings. The number of fused-ring (bicyclic) bond motifs is 7. The van der Waals surface area contributed by atoms with Crippen LogP contribution < -0.4 is 4.90 Å². The summed E-state index contributed by atoms with van der Waals surface area (Å²) >= 11 is 0. The molecule has 0 fully saturated rings. The van der Waals surface area contributed by atoms with E-state index in [1.165, 1.54) is 21.9 Å². The van der Waals surface area contributed by atoms with Crippen molar-refractivity contribution in [2.24, 2.45) is 0 Å². The van der Waals surface area contributed by atoms with Gasteiger partial charge in [0.2, 0.25) is 5.89 Å². The van der Waals surface area contributed by atoms with Gasteiger partial charge in [0.1, 0.15) is 16.7 Å². The molecule has 0 amide bonds. The molecule has 0 saturated carbocycles. The lowest BCUT2D eigenvalue weighted by molar-refractivity contribution is 0.619. The fourth-order valence-corrected chi connectivity index (χ4v) is 7.96. The molecule has 4 nitrogen and oxygen atoms in total. The second-order valence-electron chi connectivity index (χ2n) is 14.0. The quantitative estimate of drug-likeness (QED) is 0.173. The zero-order valence-electron chi connectivity index (χ0n) is 29.7. The van der Waals surface area contributed by atoms with Gasteiger partial charge >= 0.3 is 0 Å². The first-order valence-electron chi connectivity index (χ1n) is 18.5. The molecule has 9 aromatic carbocycles. The second kappa shape index (κ2) is 12.6. The number of oxazole rings is 1. The van der Waals surface area contributed by atoms with E-state index in [1.807, 2.05) is 30.3 Å². The van der Waals surface area contributed by atoms with E-state index in [-0.39, 0.29) is 0 Å². The monoisotopic (exact) mass is 704 g/mol. The second-order valence-corrected chi connectivity index (χ2v) is 14.0. The number of nitrogens with zero attached hydrogens (tertiary/aromatic N) is 2. The fraction of sp³-hybridized carbons (Fsp3) is 0. The highest BCUT2D eigenvalue weighted by molar-refractivity contribution is 6.22. The summed E-state index contributed by atoms with van der Waals surface area (Å²) in [6, 6.07) is 68.3. The Morgan fingerprint density at radius 1 is 0.382 bits per heavy atom. The molecule has 0 bridgehead atoms. The van der Waals surface area contributed by atoms with Gasteiger partial charge in [-0.15, -0.1) is 0 Å². The lowest BCUT2D eigenvalue weighted by Crippen LogP contribution is -2.09. The number of aromatic nitrogens is 1. The van der Waals surface area contributed by atoms with Gasteiger partial charge in [-0.05, 0) is 111 Å². The van der Waals surface area contributed by atoms with E-state index in [2.05, 4.69) is 169 Å². The predicted octanol–water partition coefficient (Wildman–Crippen LogP) is 14.5. The lowest BCUT2D eigenvalue weighted by Gasteiger charge is -2.26. The highest BCUT2D eigenvalue weighted by Crippen LogP contribution is 2.43. The summed E-state index contributed by atoms with van der Waals surface area (Å²) in [5.41, 5.74) is 11.9. The smallest absolute Gasteiger partial charge is 0.227 e.